The minimum Gasteiger partial charge on any atom is -0.469 e. The van der Waals surface area contributed by atoms with E-state index in [1.54, 1.807) is 6.07 Å². The topological polar surface area (TPSA) is 30.2 Å². The van der Waals surface area contributed by atoms with E-state index in [0.29, 0.717) is 11.5 Å². The Kier molecular flexibility index (Phi) is 3.66. The zero-order valence-electron chi connectivity index (χ0n) is 11.1. The molecule has 1 aromatic carbocycles. The van der Waals surface area contributed by atoms with Crippen LogP contribution in [0.3, 0.4) is 0 Å². The second-order valence-corrected chi connectivity index (χ2v) is 5.07. The molecule has 0 aliphatic rings. The molecular weight excluding hydrogens is 224 g/mol. The Labute approximate surface area is 108 Å². The second kappa shape index (κ2) is 5.21. The van der Waals surface area contributed by atoms with E-state index in [4.69, 9.17) is 4.42 Å². The fourth-order valence-corrected chi connectivity index (χ4v) is 2.04. The smallest absolute Gasteiger partial charge is 0.196 e. The summed E-state index contributed by atoms with van der Waals surface area (Å²) in [6.07, 6.45) is 2.51. The van der Waals surface area contributed by atoms with Crippen molar-refractivity contribution in [1.82, 2.24) is 0 Å². The van der Waals surface area contributed by atoms with Crippen LogP contribution >= 0.6 is 0 Å². The predicted molar refractivity (Wildman–Crippen MR) is 71.9 cm³/mol. The fourth-order valence-electron chi connectivity index (χ4n) is 2.04. The zero-order chi connectivity index (χ0) is 13.1. The lowest BCUT2D eigenvalue weighted by molar-refractivity contribution is 0.103. The number of ketones is 1. The zero-order valence-corrected chi connectivity index (χ0v) is 11.1. The van der Waals surface area contributed by atoms with Gasteiger partial charge in [0.1, 0.15) is 12.0 Å². The Bertz CT molecular complexity index is 550. The van der Waals surface area contributed by atoms with Gasteiger partial charge in [-0.3, -0.25) is 4.79 Å². The Morgan fingerprint density at radius 2 is 2.00 bits per heavy atom. The van der Waals surface area contributed by atoms with Crippen molar-refractivity contribution in [3.8, 4) is 0 Å². The molecule has 0 aliphatic heterocycles. The van der Waals surface area contributed by atoms with Crippen LogP contribution in [0.2, 0.25) is 0 Å². The van der Waals surface area contributed by atoms with Crippen molar-refractivity contribution in [1.29, 1.82) is 0 Å². The van der Waals surface area contributed by atoms with E-state index in [1.807, 2.05) is 25.1 Å². The van der Waals surface area contributed by atoms with E-state index in [9.17, 15) is 4.79 Å². The van der Waals surface area contributed by atoms with Gasteiger partial charge in [0.2, 0.25) is 0 Å². The van der Waals surface area contributed by atoms with Crippen LogP contribution < -0.4 is 0 Å². The number of hydrogen-bond acceptors (Lipinski definition) is 2. The largest absolute Gasteiger partial charge is 0.469 e. The molecule has 0 radical (unpaired) electrons. The summed E-state index contributed by atoms with van der Waals surface area (Å²) in [5.74, 6) is 1.38. The minimum absolute atomic E-state index is 0.0254. The molecule has 2 aromatic rings. The number of carbonyl (C=O) groups excluding carboxylic acids is 1. The van der Waals surface area contributed by atoms with Crippen molar-refractivity contribution in [3.05, 3.63) is 59.0 Å². The third kappa shape index (κ3) is 2.89. The van der Waals surface area contributed by atoms with Gasteiger partial charge in [-0.1, -0.05) is 32.0 Å². The van der Waals surface area contributed by atoms with Gasteiger partial charge in [-0.25, -0.2) is 0 Å². The highest BCUT2D eigenvalue weighted by atomic mass is 16.3. The van der Waals surface area contributed by atoms with Crippen LogP contribution in [0.15, 0.2) is 41.0 Å². The second-order valence-electron chi connectivity index (χ2n) is 5.07. The summed E-state index contributed by atoms with van der Waals surface area (Å²) >= 11 is 0. The van der Waals surface area contributed by atoms with E-state index >= 15 is 0 Å². The van der Waals surface area contributed by atoms with Crippen LogP contribution in [0.25, 0.3) is 0 Å². The van der Waals surface area contributed by atoms with Crippen molar-refractivity contribution in [2.45, 2.75) is 27.2 Å². The lowest BCUT2D eigenvalue weighted by Crippen LogP contribution is -2.02. The Morgan fingerprint density at radius 1 is 1.22 bits per heavy atom. The molecule has 0 amide bonds. The highest BCUT2D eigenvalue weighted by Gasteiger charge is 2.12. The molecule has 0 atom stereocenters. The van der Waals surface area contributed by atoms with Gasteiger partial charge in [0, 0.05) is 5.56 Å². The lowest BCUT2D eigenvalue weighted by Gasteiger charge is -2.06. The maximum absolute atomic E-state index is 12.2. The van der Waals surface area contributed by atoms with E-state index in [1.165, 1.54) is 11.8 Å². The summed E-state index contributed by atoms with van der Waals surface area (Å²) in [6.45, 7) is 6.19. The molecule has 94 valence electrons. The molecule has 2 rings (SSSR count). The SMILES string of the molecule is Cc1cc(C(=O)c2cccc(CC(C)C)c2)co1. The fraction of sp³-hybridized carbons (Fsp3) is 0.312. The summed E-state index contributed by atoms with van der Waals surface area (Å²) in [5, 5.41) is 0. The van der Waals surface area contributed by atoms with Crippen LogP contribution in [0.4, 0.5) is 0 Å². The van der Waals surface area contributed by atoms with Crippen LogP contribution in [-0.4, -0.2) is 5.78 Å². The van der Waals surface area contributed by atoms with Crippen LogP contribution in [0.1, 0.15) is 41.1 Å². The minimum atomic E-state index is 0.0254. The molecule has 0 saturated carbocycles. The van der Waals surface area contributed by atoms with Crippen LogP contribution in [-0.2, 0) is 6.42 Å². The maximum Gasteiger partial charge on any atom is 0.196 e. The molecule has 0 spiro atoms. The average Bonchev–Trinajstić information content (AvgIpc) is 2.74. The van der Waals surface area contributed by atoms with Gasteiger partial charge in [0.25, 0.3) is 0 Å². The molecule has 2 heteroatoms. The molecule has 0 aliphatic carbocycles. The molecule has 1 aromatic heterocycles. The van der Waals surface area contributed by atoms with Gasteiger partial charge in [-0.05, 0) is 37.0 Å². The number of furan rings is 1. The molecule has 0 unspecified atom stereocenters. The first kappa shape index (κ1) is 12.6. The lowest BCUT2D eigenvalue weighted by atomic mass is 9.98. The number of aryl methyl sites for hydroxylation is 1. The van der Waals surface area contributed by atoms with Gasteiger partial charge in [-0.15, -0.1) is 0 Å². The number of rotatable bonds is 4. The number of carbonyl (C=O) groups is 1. The Morgan fingerprint density at radius 3 is 2.61 bits per heavy atom. The van der Waals surface area contributed by atoms with Gasteiger partial charge >= 0.3 is 0 Å². The number of hydrogen-bond donors (Lipinski definition) is 0. The van der Waals surface area contributed by atoms with Gasteiger partial charge in [-0.2, -0.15) is 0 Å². The predicted octanol–water partition coefficient (Wildman–Crippen LogP) is 4.02. The van der Waals surface area contributed by atoms with E-state index in [2.05, 4.69) is 19.9 Å². The normalized spacial score (nSPS) is 10.9. The maximum atomic E-state index is 12.2. The van der Waals surface area contributed by atoms with Crippen molar-refractivity contribution in [2.75, 3.05) is 0 Å². The van der Waals surface area contributed by atoms with E-state index < -0.39 is 0 Å². The highest BCUT2D eigenvalue weighted by molar-refractivity contribution is 6.08. The summed E-state index contributed by atoms with van der Waals surface area (Å²) in [5.41, 5.74) is 2.55. The molecular formula is C16H18O2. The molecule has 0 fully saturated rings. The van der Waals surface area contributed by atoms with Crippen molar-refractivity contribution < 1.29 is 9.21 Å². The van der Waals surface area contributed by atoms with Gasteiger partial charge in [0.05, 0.1) is 5.56 Å². The molecule has 0 bridgehead atoms. The Balaban J connectivity index is 2.25. The standard InChI is InChI=1S/C16H18O2/c1-11(2)7-13-5-4-6-14(9-13)16(17)15-8-12(3)18-10-15/h4-6,8-11H,7H2,1-3H3. The average molecular weight is 242 g/mol. The summed E-state index contributed by atoms with van der Waals surface area (Å²) in [4.78, 5) is 12.2. The highest BCUT2D eigenvalue weighted by Crippen LogP contribution is 2.16. The summed E-state index contributed by atoms with van der Waals surface area (Å²) in [7, 11) is 0. The molecule has 2 nitrogen and oxygen atoms in total. The first-order valence-corrected chi connectivity index (χ1v) is 6.25. The van der Waals surface area contributed by atoms with Crippen LogP contribution in [0, 0.1) is 12.8 Å². The Hall–Kier alpha value is -1.83. The quantitative estimate of drug-likeness (QED) is 0.758. The van der Waals surface area contributed by atoms with Crippen molar-refractivity contribution in [2.24, 2.45) is 5.92 Å². The molecule has 0 saturated heterocycles. The molecule has 1 heterocycles. The summed E-state index contributed by atoms with van der Waals surface area (Å²) < 4.78 is 5.18. The third-order valence-electron chi connectivity index (χ3n) is 2.83. The van der Waals surface area contributed by atoms with Crippen molar-refractivity contribution in [3.63, 3.8) is 0 Å². The van der Waals surface area contributed by atoms with E-state index in [-0.39, 0.29) is 5.78 Å². The van der Waals surface area contributed by atoms with Gasteiger partial charge in [0.15, 0.2) is 5.78 Å². The molecule has 0 N–H and O–H groups in total. The van der Waals surface area contributed by atoms with Crippen LogP contribution in [0.5, 0.6) is 0 Å². The third-order valence-corrected chi connectivity index (χ3v) is 2.83. The summed E-state index contributed by atoms with van der Waals surface area (Å²) in [6, 6.07) is 9.62. The number of benzene rings is 1. The monoisotopic (exact) mass is 242 g/mol. The van der Waals surface area contributed by atoms with Crippen molar-refractivity contribution >= 4 is 5.78 Å². The first-order valence-electron chi connectivity index (χ1n) is 6.25. The first-order chi connectivity index (χ1) is 8.56. The van der Waals surface area contributed by atoms with E-state index in [0.717, 1.165) is 17.7 Å². The van der Waals surface area contributed by atoms with Gasteiger partial charge < -0.3 is 4.42 Å². The molecule has 18 heavy (non-hydrogen) atoms.